The van der Waals surface area contributed by atoms with Gasteiger partial charge in [0, 0.05) is 25.3 Å². The van der Waals surface area contributed by atoms with Crippen molar-refractivity contribution in [3.8, 4) is 11.5 Å². The minimum absolute atomic E-state index is 0.384. The first-order chi connectivity index (χ1) is 8.85. The number of nitrogens with zero attached hydrogens (tertiary/aromatic N) is 3. The fourth-order valence-corrected chi connectivity index (χ4v) is 1.97. The van der Waals surface area contributed by atoms with Gasteiger partial charge in [0.15, 0.2) is 0 Å². The van der Waals surface area contributed by atoms with Gasteiger partial charge in [0.2, 0.25) is 15.9 Å². The molecule has 0 aliphatic rings. The molecule has 19 heavy (non-hydrogen) atoms. The van der Waals surface area contributed by atoms with Gasteiger partial charge in [-0.15, -0.1) is 5.10 Å². The lowest BCUT2D eigenvalue weighted by Gasteiger charge is -2.04. The third-order valence-corrected chi connectivity index (χ3v) is 2.84. The molecule has 0 aliphatic carbocycles. The second-order valence-corrected chi connectivity index (χ2v) is 5.98. The Balaban J connectivity index is 2.22. The van der Waals surface area contributed by atoms with E-state index in [1.54, 1.807) is 43.3 Å². The average Bonchev–Trinajstić information content (AvgIpc) is 2.77. The van der Waals surface area contributed by atoms with Crippen molar-refractivity contribution in [2.45, 2.75) is 0 Å². The van der Waals surface area contributed by atoms with Crippen LogP contribution in [0.15, 0.2) is 28.7 Å². The molecule has 7 nitrogen and oxygen atoms in total. The molecule has 0 saturated carbocycles. The molecule has 102 valence electrons. The van der Waals surface area contributed by atoms with E-state index in [0.717, 1.165) is 11.8 Å². The van der Waals surface area contributed by atoms with Crippen LogP contribution in [0.2, 0.25) is 0 Å². The number of hydrogen-bond acceptors (Lipinski definition) is 6. The Kier molecular flexibility index (Phi) is 3.43. The lowest BCUT2D eigenvalue weighted by molar-refractivity contribution is 0.566. The number of rotatable bonds is 4. The zero-order valence-corrected chi connectivity index (χ0v) is 11.6. The second-order valence-electron chi connectivity index (χ2n) is 4.24. The maximum atomic E-state index is 11.1. The summed E-state index contributed by atoms with van der Waals surface area (Å²) in [5.74, 6) is 0.384. The van der Waals surface area contributed by atoms with E-state index in [1.165, 1.54) is 0 Å². The fourth-order valence-electron chi connectivity index (χ4n) is 1.41. The summed E-state index contributed by atoms with van der Waals surface area (Å²) in [5.41, 5.74) is 1.21. The first kappa shape index (κ1) is 13.3. The van der Waals surface area contributed by atoms with E-state index in [1.807, 2.05) is 0 Å². The highest BCUT2D eigenvalue weighted by Gasteiger charge is 2.10. The Morgan fingerprint density at radius 2 is 1.79 bits per heavy atom. The summed E-state index contributed by atoms with van der Waals surface area (Å²) in [5, 5.41) is 7.79. The Morgan fingerprint density at radius 1 is 1.16 bits per heavy atom. The molecule has 0 aliphatic heterocycles. The molecule has 1 aromatic carbocycles. The van der Waals surface area contributed by atoms with Gasteiger partial charge in [-0.25, -0.2) is 8.42 Å². The molecule has 0 atom stereocenters. The van der Waals surface area contributed by atoms with Gasteiger partial charge in [-0.2, -0.15) is 0 Å². The zero-order chi connectivity index (χ0) is 14.0. The van der Waals surface area contributed by atoms with Crippen molar-refractivity contribution in [1.82, 2.24) is 10.2 Å². The normalized spacial score (nSPS) is 11.3. The van der Waals surface area contributed by atoms with Gasteiger partial charge in [0.05, 0.1) is 6.26 Å². The van der Waals surface area contributed by atoms with E-state index in [9.17, 15) is 8.42 Å². The number of nitrogens with one attached hydrogen (secondary N) is 1. The van der Waals surface area contributed by atoms with Crippen LogP contribution in [0.4, 0.5) is 11.7 Å². The average molecular weight is 282 g/mol. The van der Waals surface area contributed by atoms with E-state index >= 15 is 0 Å². The van der Waals surface area contributed by atoms with Crippen molar-refractivity contribution in [3.05, 3.63) is 24.3 Å². The number of aromatic nitrogens is 2. The SMILES string of the molecule is CN(C)c1nnc(-c2ccc(NS(C)(=O)=O)cc2)o1. The highest BCUT2D eigenvalue weighted by molar-refractivity contribution is 7.92. The van der Waals surface area contributed by atoms with Crippen LogP contribution in [-0.4, -0.2) is 39.0 Å². The minimum Gasteiger partial charge on any atom is -0.403 e. The van der Waals surface area contributed by atoms with E-state index in [-0.39, 0.29) is 0 Å². The minimum atomic E-state index is -3.27. The molecule has 0 bridgehead atoms. The van der Waals surface area contributed by atoms with Gasteiger partial charge >= 0.3 is 6.01 Å². The molecule has 2 aromatic rings. The maximum absolute atomic E-state index is 11.1. The molecule has 0 radical (unpaired) electrons. The molecule has 1 heterocycles. The summed E-state index contributed by atoms with van der Waals surface area (Å²) >= 11 is 0. The van der Waals surface area contributed by atoms with Crippen LogP contribution in [0, 0.1) is 0 Å². The predicted molar refractivity (Wildman–Crippen MR) is 72.5 cm³/mol. The standard InChI is InChI=1S/C11H14N4O3S/c1-15(2)11-13-12-10(18-11)8-4-6-9(7-5-8)14-19(3,16)17/h4-7,14H,1-3H3. The Morgan fingerprint density at radius 3 is 2.26 bits per heavy atom. The van der Waals surface area contributed by atoms with Gasteiger partial charge < -0.3 is 9.32 Å². The molecule has 0 fully saturated rings. The molecule has 0 spiro atoms. The van der Waals surface area contributed by atoms with E-state index in [0.29, 0.717) is 17.6 Å². The summed E-state index contributed by atoms with van der Waals surface area (Å²) in [6, 6.07) is 7.10. The summed E-state index contributed by atoms with van der Waals surface area (Å²) in [6.07, 6.45) is 1.10. The molecule has 0 amide bonds. The molecule has 0 saturated heterocycles. The fraction of sp³-hybridized carbons (Fsp3) is 0.273. The number of hydrogen-bond donors (Lipinski definition) is 1. The second kappa shape index (κ2) is 4.88. The third kappa shape index (κ3) is 3.44. The largest absolute Gasteiger partial charge is 0.403 e. The van der Waals surface area contributed by atoms with Gasteiger partial charge in [0.1, 0.15) is 0 Å². The molecule has 0 unspecified atom stereocenters. The number of benzene rings is 1. The van der Waals surface area contributed by atoms with Crippen molar-refractivity contribution < 1.29 is 12.8 Å². The molecule has 1 N–H and O–H groups in total. The third-order valence-electron chi connectivity index (χ3n) is 2.23. The molecular weight excluding hydrogens is 268 g/mol. The lowest BCUT2D eigenvalue weighted by atomic mass is 10.2. The smallest absolute Gasteiger partial charge is 0.317 e. The predicted octanol–water partition coefficient (Wildman–Crippen LogP) is 1.17. The first-order valence-electron chi connectivity index (χ1n) is 5.44. The van der Waals surface area contributed by atoms with Crippen LogP contribution in [-0.2, 0) is 10.0 Å². The molecule has 2 rings (SSSR count). The lowest BCUT2D eigenvalue weighted by Crippen LogP contribution is -2.09. The van der Waals surface area contributed by atoms with Crippen LogP contribution >= 0.6 is 0 Å². The van der Waals surface area contributed by atoms with E-state index in [2.05, 4.69) is 14.9 Å². The van der Waals surface area contributed by atoms with Gasteiger partial charge in [-0.05, 0) is 24.3 Å². The topological polar surface area (TPSA) is 88.3 Å². The van der Waals surface area contributed by atoms with E-state index in [4.69, 9.17) is 4.42 Å². The van der Waals surface area contributed by atoms with Crippen LogP contribution in [0.25, 0.3) is 11.5 Å². The van der Waals surface area contributed by atoms with Crippen LogP contribution in [0.3, 0.4) is 0 Å². The highest BCUT2D eigenvalue weighted by Crippen LogP contribution is 2.22. The maximum Gasteiger partial charge on any atom is 0.317 e. The van der Waals surface area contributed by atoms with Crippen molar-refractivity contribution in [2.24, 2.45) is 0 Å². The number of anilines is 2. The summed E-state index contributed by atoms with van der Waals surface area (Å²) in [4.78, 5) is 1.70. The van der Waals surface area contributed by atoms with Crippen molar-refractivity contribution in [1.29, 1.82) is 0 Å². The van der Waals surface area contributed by atoms with Crippen LogP contribution < -0.4 is 9.62 Å². The molecular formula is C11H14N4O3S. The quantitative estimate of drug-likeness (QED) is 0.905. The van der Waals surface area contributed by atoms with Gasteiger partial charge in [0.25, 0.3) is 0 Å². The molecule has 8 heteroatoms. The van der Waals surface area contributed by atoms with Crippen LogP contribution in [0.1, 0.15) is 0 Å². The zero-order valence-electron chi connectivity index (χ0n) is 10.8. The van der Waals surface area contributed by atoms with Gasteiger partial charge in [-0.1, -0.05) is 5.10 Å². The van der Waals surface area contributed by atoms with Crippen molar-refractivity contribution in [3.63, 3.8) is 0 Å². The Hall–Kier alpha value is -2.09. The van der Waals surface area contributed by atoms with E-state index < -0.39 is 10.0 Å². The Labute approximate surface area is 111 Å². The van der Waals surface area contributed by atoms with Crippen LogP contribution in [0.5, 0.6) is 0 Å². The monoisotopic (exact) mass is 282 g/mol. The Bertz CT molecular complexity index is 662. The highest BCUT2D eigenvalue weighted by atomic mass is 32.2. The summed E-state index contributed by atoms with van der Waals surface area (Å²) in [6.45, 7) is 0. The van der Waals surface area contributed by atoms with Crippen molar-refractivity contribution in [2.75, 3.05) is 30.0 Å². The van der Waals surface area contributed by atoms with Crippen molar-refractivity contribution >= 4 is 21.7 Å². The van der Waals surface area contributed by atoms with Gasteiger partial charge in [-0.3, -0.25) is 4.72 Å². The first-order valence-corrected chi connectivity index (χ1v) is 7.33. The summed E-state index contributed by atoms with van der Waals surface area (Å²) in [7, 11) is 0.334. The number of sulfonamides is 1. The molecule has 1 aromatic heterocycles. The summed E-state index contributed by atoms with van der Waals surface area (Å²) < 4.78 is 30.0.